The van der Waals surface area contributed by atoms with Crippen LogP contribution in [0.2, 0.25) is 0 Å². The SMILES string of the molecule is Cc1cccc(-c2cccc3[cH-]c(-c4ccccc4)cc23)c1C.Cc1cccc(-c2cccc3[cH-]c(-c4ccccc4)cc23)c1C.O=CN[B]NC=O.[Cl][Zr+2][Cl]. The first-order chi connectivity index (χ1) is 27.3. The second-order valence-corrected chi connectivity index (χ2v) is 16.8. The molecule has 0 aliphatic carbocycles. The Kier molecular flexibility index (Phi) is 16.1. The fraction of sp³-hybridized carbons (Fsp3) is 0.0833. The standard InChI is InChI=1S/2C23H19.C2H4BN2O2.2ClH.Zr/c2*1-16-8-6-12-21(17(16)2)22-13-7-11-19-14-20(15-23(19)22)18-9-4-3-5-10-18;6-1-4-3-5-2-7;;;/h2*3-15H,1-2H3;1-2H,(H,4,6)(H,5,7);2*1H;/q2*-1;;;;+4/p-2. The fourth-order valence-corrected chi connectivity index (χ4v) is 6.74. The molecule has 277 valence electrons. The second-order valence-electron chi connectivity index (χ2n) is 13.1. The van der Waals surface area contributed by atoms with Crippen LogP contribution in [0.1, 0.15) is 22.3 Å². The summed E-state index contributed by atoms with van der Waals surface area (Å²) in [6.07, 6.45) is 0.910. The van der Waals surface area contributed by atoms with E-state index in [9.17, 15) is 9.59 Å². The van der Waals surface area contributed by atoms with E-state index in [-0.39, 0.29) is 0 Å². The van der Waals surface area contributed by atoms with Gasteiger partial charge in [0.15, 0.2) is 12.8 Å². The third-order valence-corrected chi connectivity index (χ3v) is 9.81. The number of nitrogens with one attached hydrogen (secondary N) is 2. The van der Waals surface area contributed by atoms with Crippen molar-refractivity contribution in [1.29, 1.82) is 0 Å². The summed E-state index contributed by atoms with van der Waals surface area (Å²) < 4.78 is 0. The molecule has 2 amide bonds. The third kappa shape index (κ3) is 10.6. The van der Waals surface area contributed by atoms with Gasteiger partial charge in [-0.05, 0) is 61.1 Å². The molecule has 8 rings (SSSR count). The summed E-state index contributed by atoms with van der Waals surface area (Å²) in [5, 5.41) is 9.48. The summed E-state index contributed by atoms with van der Waals surface area (Å²) in [5.74, 6) is 0. The van der Waals surface area contributed by atoms with E-state index in [0.717, 1.165) is 7.55 Å². The van der Waals surface area contributed by atoms with Gasteiger partial charge in [-0.1, -0.05) is 144 Å². The molecule has 0 spiro atoms. The topological polar surface area (TPSA) is 58.2 Å². The van der Waals surface area contributed by atoms with Crippen LogP contribution in [-0.2, 0) is 30.4 Å². The van der Waals surface area contributed by atoms with Gasteiger partial charge in [0.1, 0.15) is 0 Å². The molecule has 8 aromatic carbocycles. The summed E-state index contributed by atoms with van der Waals surface area (Å²) in [7, 11) is 11.0. The monoisotopic (exact) mass is 849 g/mol. The quantitative estimate of drug-likeness (QED) is 0.0692. The maximum atomic E-state index is 9.38. The van der Waals surface area contributed by atoms with E-state index >= 15 is 0 Å². The molecule has 0 aliphatic rings. The van der Waals surface area contributed by atoms with Gasteiger partial charge in [-0.2, -0.15) is 0 Å². The number of amides is 2. The zero-order valence-corrected chi connectivity index (χ0v) is 35.8. The molecule has 0 atom stereocenters. The van der Waals surface area contributed by atoms with E-state index in [1.807, 2.05) is 0 Å². The normalized spacial score (nSPS) is 10.0. The minimum absolute atomic E-state index is 0.455. The van der Waals surface area contributed by atoms with Gasteiger partial charge in [0.05, 0.1) is 0 Å². The molecule has 1 radical (unpaired) electrons. The molecule has 0 aliphatic heterocycles. The van der Waals surface area contributed by atoms with E-state index in [1.165, 1.54) is 88.3 Å². The number of hydrogen-bond acceptors (Lipinski definition) is 2. The molecule has 0 saturated heterocycles. The molecule has 0 bridgehead atoms. The molecule has 0 unspecified atom stereocenters. The molecule has 0 aromatic heterocycles. The average molecular weight is 852 g/mol. The zero-order chi connectivity index (χ0) is 39.9. The van der Waals surface area contributed by atoms with Crippen molar-refractivity contribution in [3.63, 3.8) is 0 Å². The van der Waals surface area contributed by atoms with E-state index in [0.29, 0.717) is 12.8 Å². The first kappa shape index (κ1) is 42.2. The molecule has 0 heterocycles. The molecular weight excluding hydrogens is 809 g/mol. The Labute approximate surface area is 349 Å². The van der Waals surface area contributed by atoms with Gasteiger partial charge in [0.2, 0.25) is 0 Å². The Morgan fingerprint density at radius 3 is 1.23 bits per heavy atom. The molecule has 4 nitrogen and oxygen atoms in total. The molecule has 56 heavy (non-hydrogen) atoms. The fourth-order valence-electron chi connectivity index (χ4n) is 6.74. The van der Waals surface area contributed by atoms with Gasteiger partial charge >= 0.3 is 45.4 Å². The van der Waals surface area contributed by atoms with Crippen molar-refractivity contribution < 1.29 is 30.4 Å². The van der Waals surface area contributed by atoms with E-state index in [2.05, 4.69) is 196 Å². The molecule has 0 saturated carbocycles. The number of rotatable bonds is 8. The third-order valence-electron chi connectivity index (χ3n) is 9.81. The van der Waals surface area contributed by atoms with Crippen LogP contribution in [0.5, 0.6) is 0 Å². The van der Waals surface area contributed by atoms with E-state index < -0.39 is 20.8 Å². The second kappa shape index (κ2) is 21.3. The van der Waals surface area contributed by atoms with Crippen LogP contribution in [0.4, 0.5) is 0 Å². The van der Waals surface area contributed by atoms with Gasteiger partial charge < -0.3 is 10.5 Å². The molecule has 8 heteroatoms. The predicted molar refractivity (Wildman–Crippen MR) is 236 cm³/mol. The summed E-state index contributed by atoms with van der Waals surface area (Å²) in [4.78, 5) is 18.8. The van der Waals surface area contributed by atoms with Gasteiger partial charge in [-0.3, -0.25) is 9.59 Å². The van der Waals surface area contributed by atoms with Crippen LogP contribution in [0.25, 0.3) is 66.1 Å². The van der Waals surface area contributed by atoms with Crippen LogP contribution >= 0.6 is 17.0 Å². The Morgan fingerprint density at radius 1 is 0.500 bits per heavy atom. The van der Waals surface area contributed by atoms with Crippen molar-refractivity contribution >= 4 is 58.9 Å². The molecule has 2 N–H and O–H groups in total. The Balaban J connectivity index is 0.000000174. The number of hydrogen-bond donors (Lipinski definition) is 2. The molecular formula is C48H42BCl2N2O2Zr. The van der Waals surface area contributed by atoms with Crippen molar-refractivity contribution in [3.05, 3.63) is 180 Å². The summed E-state index contributed by atoms with van der Waals surface area (Å²) >= 11 is -0.826. The van der Waals surface area contributed by atoms with Crippen LogP contribution in [-0.4, -0.2) is 20.4 Å². The van der Waals surface area contributed by atoms with Crippen molar-refractivity contribution in [1.82, 2.24) is 10.5 Å². The van der Waals surface area contributed by atoms with Crippen LogP contribution < -0.4 is 10.5 Å². The summed E-state index contributed by atoms with van der Waals surface area (Å²) in [5.41, 5.74) is 15.9. The zero-order valence-electron chi connectivity index (χ0n) is 31.8. The van der Waals surface area contributed by atoms with Crippen molar-refractivity contribution in [2.45, 2.75) is 27.7 Å². The van der Waals surface area contributed by atoms with Gasteiger partial charge in [-0.25, -0.2) is 0 Å². The first-order valence-corrected chi connectivity index (χ1v) is 24.4. The maximum absolute atomic E-state index is 9.38. The van der Waals surface area contributed by atoms with Crippen molar-refractivity contribution in [2.24, 2.45) is 0 Å². The number of carbonyl (C=O) groups is 2. The summed E-state index contributed by atoms with van der Waals surface area (Å²) in [6, 6.07) is 56.7. The number of carbonyl (C=O) groups excluding carboxylic acids is 2. The van der Waals surface area contributed by atoms with Crippen LogP contribution in [0.3, 0.4) is 0 Å². The predicted octanol–water partition coefficient (Wildman–Crippen LogP) is 12.4. The van der Waals surface area contributed by atoms with Crippen LogP contribution in [0, 0.1) is 27.7 Å². The van der Waals surface area contributed by atoms with Crippen molar-refractivity contribution in [2.75, 3.05) is 0 Å². The van der Waals surface area contributed by atoms with E-state index in [4.69, 9.17) is 17.0 Å². The number of benzene rings is 6. The van der Waals surface area contributed by atoms with E-state index in [1.54, 1.807) is 0 Å². The Morgan fingerprint density at radius 2 is 0.857 bits per heavy atom. The number of halogens is 2. The summed E-state index contributed by atoms with van der Waals surface area (Å²) in [6.45, 7) is 8.79. The Hall–Kier alpha value is -4.99. The number of fused-ring (bicyclic) bond motifs is 2. The average Bonchev–Trinajstić information content (AvgIpc) is 3.88. The van der Waals surface area contributed by atoms with Crippen LogP contribution in [0.15, 0.2) is 158 Å². The number of aryl methyl sites for hydroxylation is 2. The molecule has 0 fully saturated rings. The Bertz CT molecular complexity index is 2320. The van der Waals surface area contributed by atoms with Gasteiger partial charge in [0.25, 0.3) is 0 Å². The van der Waals surface area contributed by atoms with Gasteiger partial charge in [-0.15, -0.1) is 69.1 Å². The first-order valence-electron chi connectivity index (χ1n) is 18.1. The van der Waals surface area contributed by atoms with Gasteiger partial charge in [0, 0.05) is 0 Å². The minimum atomic E-state index is -0.826. The molecule has 8 aromatic rings. The van der Waals surface area contributed by atoms with Crippen molar-refractivity contribution in [3.8, 4) is 44.5 Å².